The quantitative estimate of drug-likeness (QED) is 0.548. The first-order valence-corrected chi connectivity index (χ1v) is 6.25. The maximum Gasteiger partial charge on any atom is 0.634 e. The summed E-state index contributed by atoms with van der Waals surface area (Å²) in [4.78, 5) is 0. The molecular formula is C5H13BO3Si. The summed E-state index contributed by atoms with van der Waals surface area (Å²) in [7, 11) is -2.30. The lowest BCUT2D eigenvalue weighted by molar-refractivity contribution is 0.206. The molecule has 0 unspecified atom stereocenters. The highest BCUT2D eigenvalue weighted by Crippen LogP contribution is 1.83. The van der Waals surface area contributed by atoms with E-state index in [9.17, 15) is 0 Å². The van der Waals surface area contributed by atoms with Crippen molar-refractivity contribution in [3.05, 3.63) is 11.8 Å². The zero-order chi connectivity index (χ0) is 7.98. The highest BCUT2D eigenvalue weighted by atomic mass is 28.3. The van der Waals surface area contributed by atoms with Crippen molar-refractivity contribution in [2.45, 2.75) is 13.1 Å². The Kier molecular flexibility index (Phi) is 5.61. The van der Waals surface area contributed by atoms with Crippen molar-refractivity contribution >= 4 is 16.1 Å². The Hall–Kier alpha value is -0.0982. The zero-order valence-corrected chi connectivity index (χ0v) is 7.47. The van der Waals surface area contributed by atoms with Gasteiger partial charge in [-0.05, 0) is 0 Å². The summed E-state index contributed by atoms with van der Waals surface area (Å²) < 4.78 is 4.44. The third-order valence-corrected chi connectivity index (χ3v) is 1.90. The van der Waals surface area contributed by atoms with Gasteiger partial charge in [-0.15, -0.1) is 0 Å². The molecule has 0 rings (SSSR count). The zero-order valence-electron chi connectivity index (χ0n) is 6.32. The molecular weight excluding hydrogens is 147 g/mol. The Morgan fingerprint density at radius 1 is 1.50 bits per heavy atom. The Morgan fingerprint density at radius 3 is 2.50 bits per heavy atom. The van der Waals surface area contributed by atoms with Crippen molar-refractivity contribution in [1.82, 2.24) is 0 Å². The van der Waals surface area contributed by atoms with Gasteiger partial charge in [-0.25, -0.2) is 0 Å². The van der Waals surface area contributed by atoms with Crippen LogP contribution in [0.5, 0.6) is 0 Å². The monoisotopic (exact) mass is 160 g/mol. The van der Waals surface area contributed by atoms with E-state index in [2.05, 4.69) is 23.4 Å². The lowest BCUT2D eigenvalue weighted by Gasteiger charge is -1.96. The minimum Gasteiger partial charge on any atom is -0.402 e. The second kappa shape index (κ2) is 5.67. The average Bonchev–Trinajstić information content (AvgIpc) is 1.79. The van der Waals surface area contributed by atoms with Crippen molar-refractivity contribution in [3.8, 4) is 0 Å². The largest absolute Gasteiger partial charge is 0.634 e. The lowest BCUT2D eigenvalue weighted by atomic mass is 10.3. The van der Waals surface area contributed by atoms with Gasteiger partial charge in [0.05, 0.1) is 15.4 Å². The van der Waals surface area contributed by atoms with E-state index in [0.29, 0.717) is 0 Å². The molecule has 0 fully saturated rings. The summed E-state index contributed by atoms with van der Waals surface area (Å²) in [5.74, 6) is 0. The van der Waals surface area contributed by atoms with Crippen LogP contribution in [0.4, 0.5) is 0 Å². The molecule has 0 bridgehead atoms. The topological polar surface area (TPSA) is 49.7 Å². The molecule has 0 radical (unpaired) electrons. The molecule has 3 nitrogen and oxygen atoms in total. The summed E-state index contributed by atoms with van der Waals surface area (Å²) >= 11 is 0. The second-order valence-corrected chi connectivity index (χ2v) is 5.20. The van der Waals surface area contributed by atoms with E-state index >= 15 is 0 Å². The molecule has 0 amide bonds. The normalized spacial score (nSPS) is 11.3. The fraction of sp³-hybridized carbons (Fsp3) is 0.600. The average molecular weight is 160 g/mol. The first-order chi connectivity index (χ1) is 4.63. The highest BCUT2D eigenvalue weighted by Gasteiger charge is 2.04. The van der Waals surface area contributed by atoms with E-state index in [1.165, 1.54) is 0 Å². The molecule has 2 N–H and O–H groups in total. The van der Waals surface area contributed by atoms with Crippen LogP contribution < -0.4 is 0 Å². The lowest BCUT2D eigenvalue weighted by Crippen LogP contribution is -2.16. The van der Waals surface area contributed by atoms with Crippen LogP contribution in [0.3, 0.4) is 0 Å². The van der Waals surface area contributed by atoms with Gasteiger partial charge in [0.15, 0.2) is 0 Å². The predicted molar refractivity (Wildman–Crippen MR) is 44.2 cm³/mol. The Labute approximate surface area is 63.1 Å². The van der Waals surface area contributed by atoms with Gasteiger partial charge in [-0.3, -0.25) is 0 Å². The standard InChI is InChI=1S/C5H13BO3Si/c1-10(2)5-3-4-9-6(7)8/h3,5,7-8,10H,4H2,1-2H3. The first kappa shape index (κ1) is 9.90. The van der Waals surface area contributed by atoms with Gasteiger partial charge in [0, 0.05) is 0 Å². The van der Waals surface area contributed by atoms with Crippen LogP contribution in [-0.4, -0.2) is 32.8 Å². The van der Waals surface area contributed by atoms with E-state index in [1.54, 1.807) is 0 Å². The van der Waals surface area contributed by atoms with Crippen LogP contribution in [0.1, 0.15) is 0 Å². The minimum atomic E-state index is -1.64. The molecule has 0 aliphatic heterocycles. The molecule has 0 aromatic carbocycles. The van der Waals surface area contributed by atoms with Crippen LogP contribution in [0.2, 0.25) is 13.1 Å². The van der Waals surface area contributed by atoms with Gasteiger partial charge in [0.1, 0.15) is 0 Å². The highest BCUT2D eigenvalue weighted by molar-refractivity contribution is 6.61. The summed E-state index contributed by atoms with van der Waals surface area (Å²) in [6, 6.07) is 0. The summed E-state index contributed by atoms with van der Waals surface area (Å²) in [6.45, 7) is 4.63. The van der Waals surface area contributed by atoms with Crippen molar-refractivity contribution in [2.24, 2.45) is 0 Å². The molecule has 0 aliphatic carbocycles. The number of rotatable bonds is 4. The van der Waals surface area contributed by atoms with E-state index < -0.39 is 16.1 Å². The molecule has 0 aliphatic rings. The maximum atomic E-state index is 8.23. The second-order valence-electron chi connectivity index (χ2n) is 2.33. The minimum absolute atomic E-state index is 0.281. The summed E-state index contributed by atoms with van der Waals surface area (Å²) in [6.07, 6.45) is 1.82. The smallest absolute Gasteiger partial charge is 0.402 e. The van der Waals surface area contributed by atoms with Crippen LogP contribution in [0, 0.1) is 0 Å². The molecule has 0 atom stereocenters. The van der Waals surface area contributed by atoms with Crippen molar-refractivity contribution in [1.29, 1.82) is 0 Å². The van der Waals surface area contributed by atoms with Gasteiger partial charge in [-0.1, -0.05) is 24.9 Å². The van der Waals surface area contributed by atoms with E-state index in [1.807, 2.05) is 6.08 Å². The van der Waals surface area contributed by atoms with E-state index in [-0.39, 0.29) is 6.61 Å². The first-order valence-electron chi connectivity index (χ1n) is 3.27. The van der Waals surface area contributed by atoms with Crippen LogP contribution >= 0.6 is 0 Å². The van der Waals surface area contributed by atoms with Gasteiger partial charge in [0.25, 0.3) is 0 Å². The maximum absolute atomic E-state index is 8.23. The molecule has 0 heterocycles. The van der Waals surface area contributed by atoms with E-state index in [4.69, 9.17) is 10.0 Å². The molecule has 0 aromatic rings. The molecule has 0 saturated heterocycles. The van der Waals surface area contributed by atoms with Crippen molar-refractivity contribution in [3.63, 3.8) is 0 Å². The third-order valence-electron chi connectivity index (χ3n) is 0.863. The SMILES string of the molecule is C[SiH](C)C=CCOB(O)O. The van der Waals surface area contributed by atoms with E-state index in [0.717, 1.165) is 0 Å². The summed E-state index contributed by atoms with van der Waals surface area (Å²) in [5, 5.41) is 16.5. The Bertz CT molecular complexity index is 105. The molecule has 10 heavy (non-hydrogen) atoms. The Morgan fingerprint density at radius 2 is 2.10 bits per heavy atom. The molecule has 58 valence electrons. The van der Waals surface area contributed by atoms with Gasteiger partial charge < -0.3 is 14.7 Å². The van der Waals surface area contributed by atoms with Gasteiger partial charge in [0.2, 0.25) is 0 Å². The Balaban J connectivity index is 3.19. The fourth-order valence-corrected chi connectivity index (χ4v) is 1.12. The molecule has 0 saturated carbocycles. The molecule has 0 spiro atoms. The van der Waals surface area contributed by atoms with Crippen LogP contribution in [0.15, 0.2) is 11.8 Å². The van der Waals surface area contributed by atoms with Crippen molar-refractivity contribution < 1.29 is 14.7 Å². The van der Waals surface area contributed by atoms with Gasteiger partial charge >= 0.3 is 7.32 Å². The van der Waals surface area contributed by atoms with Crippen LogP contribution in [-0.2, 0) is 4.65 Å². The van der Waals surface area contributed by atoms with Crippen LogP contribution in [0.25, 0.3) is 0 Å². The third kappa shape index (κ3) is 7.90. The number of hydrogen-bond acceptors (Lipinski definition) is 3. The fourth-order valence-electron chi connectivity index (χ4n) is 0.469. The molecule has 0 aromatic heterocycles. The summed E-state index contributed by atoms with van der Waals surface area (Å²) in [5.41, 5.74) is 2.07. The van der Waals surface area contributed by atoms with Crippen molar-refractivity contribution in [2.75, 3.05) is 6.61 Å². The van der Waals surface area contributed by atoms with Gasteiger partial charge in [-0.2, -0.15) is 0 Å². The number of hydrogen-bond donors (Lipinski definition) is 2. The molecule has 5 heteroatoms. The predicted octanol–water partition coefficient (Wildman–Crippen LogP) is -0.445.